The number of ether oxygens (including phenoxy) is 1. The molecule has 1 aromatic carbocycles. The van der Waals surface area contributed by atoms with Crippen molar-refractivity contribution in [2.24, 2.45) is 5.73 Å². The normalized spacial score (nSPS) is 20.5. The number of hydrogen-bond donors (Lipinski definition) is 1. The van der Waals surface area contributed by atoms with E-state index in [0.29, 0.717) is 12.3 Å². The Morgan fingerprint density at radius 2 is 2.05 bits per heavy atom. The first-order chi connectivity index (χ1) is 9.46. The molecule has 5 heteroatoms. The Hall–Kier alpha value is -1.07. The highest BCUT2D eigenvalue weighted by Crippen LogP contribution is 2.34. The maximum atomic E-state index is 12.0. The van der Waals surface area contributed by atoms with E-state index in [0.717, 1.165) is 19.3 Å². The van der Waals surface area contributed by atoms with E-state index < -0.39 is 12.8 Å². The minimum Gasteiger partial charge on any atom is -0.370 e. The number of benzene rings is 1. The number of rotatable bonds is 5. The van der Waals surface area contributed by atoms with Crippen LogP contribution < -0.4 is 5.73 Å². The average Bonchev–Trinajstić information content (AvgIpc) is 2.37. The Labute approximate surface area is 117 Å². The molecule has 2 unspecified atom stereocenters. The van der Waals surface area contributed by atoms with Gasteiger partial charge in [-0.3, -0.25) is 0 Å². The third kappa shape index (κ3) is 4.49. The zero-order chi connectivity index (χ0) is 14.6. The standard InChI is InChI=1S/C15H20F3NO/c16-15(17,18)10-20-9-13(19)8-12-6-3-5-11-4-1-2-7-14(11)12/h1-2,4,7,12-13H,3,5-6,8-10,19H2. The van der Waals surface area contributed by atoms with Gasteiger partial charge in [-0.1, -0.05) is 24.3 Å². The highest BCUT2D eigenvalue weighted by molar-refractivity contribution is 5.32. The van der Waals surface area contributed by atoms with Gasteiger partial charge in [0.15, 0.2) is 0 Å². The average molecular weight is 287 g/mol. The summed E-state index contributed by atoms with van der Waals surface area (Å²) in [5, 5.41) is 0. The molecule has 1 aromatic rings. The van der Waals surface area contributed by atoms with Crippen LogP contribution in [0.5, 0.6) is 0 Å². The van der Waals surface area contributed by atoms with E-state index in [4.69, 9.17) is 5.73 Å². The fraction of sp³-hybridized carbons (Fsp3) is 0.600. The molecule has 2 atom stereocenters. The topological polar surface area (TPSA) is 35.2 Å². The van der Waals surface area contributed by atoms with Crippen molar-refractivity contribution in [1.82, 2.24) is 0 Å². The van der Waals surface area contributed by atoms with Gasteiger partial charge in [0, 0.05) is 6.04 Å². The van der Waals surface area contributed by atoms with E-state index in [1.807, 2.05) is 12.1 Å². The number of halogens is 3. The summed E-state index contributed by atoms with van der Waals surface area (Å²) in [6.45, 7) is -1.26. The SMILES string of the molecule is NC(COCC(F)(F)F)CC1CCCc2ccccc21. The molecule has 1 aliphatic rings. The third-order valence-corrected chi connectivity index (χ3v) is 3.68. The molecule has 0 aromatic heterocycles. The second-order valence-corrected chi connectivity index (χ2v) is 5.41. The number of aryl methyl sites for hydroxylation is 1. The van der Waals surface area contributed by atoms with Crippen molar-refractivity contribution >= 4 is 0 Å². The van der Waals surface area contributed by atoms with Crippen LogP contribution in [-0.4, -0.2) is 25.4 Å². The molecule has 0 saturated carbocycles. The smallest absolute Gasteiger partial charge is 0.370 e. The predicted molar refractivity (Wildman–Crippen MR) is 71.6 cm³/mol. The van der Waals surface area contributed by atoms with Gasteiger partial charge in [-0.05, 0) is 42.7 Å². The Balaban J connectivity index is 1.85. The summed E-state index contributed by atoms with van der Waals surface area (Å²) in [5.41, 5.74) is 8.53. The van der Waals surface area contributed by atoms with Gasteiger partial charge in [0.1, 0.15) is 6.61 Å². The largest absolute Gasteiger partial charge is 0.411 e. The first-order valence-corrected chi connectivity index (χ1v) is 6.93. The summed E-state index contributed by atoms with van der Waals surface area (Å²) in [6.07, 6.45) is -0.375. The van der Waals surface area contributed by atoms with Crippen LogP contribution >= 0.6 is 0 Å². The van der Waals surface area contributed by atoms with E-state index in [1.54, 1.807) is 0 Å². The molecule has 112 valence electrons. The van der Waals surface area contributed by atoms with Crippen molar-refractivity contribution in [2.75, 3.05) is 13.2 Å². The van der Waals surface area contributed by atoms with Crippen LogP contribution in [0.3, 0.4) is 0 Å². The lowest BCUT2D eigenvalue weighted by Gasteiger charge is -2.27. The summed E-state index contributed by atoms with van der Waals surface area (Å²) >= 11 is 0. The molecular formula is C15H20F3NO. The first kappa shape index (κ1) is 15.3. The molecule has 0 amide bonds. The van der Waals surface area contributed by atoms with Crippen molar-refractivity contribution in [1.29, 1.82) is 0 Å². The van der Waals surface area contributed by atoms with E-state index in [-0.39, 0.29) is 12.6 Å². The van der Waals surface area contributed by atoms with Gasteiger partial charge in [-0.2, -0.15) is 13.2 Å². The second-order valence-electron chi connectivity index (χ2n) is 5.41. The van der Waals surface area contributed by atoms with Gasteiger partial charge in [-0.15, -0.1) is 0 Å². The Kier molecular flexibility index (Phi) is 5.05. The van der Waals surface area contributed by atoms with Crippen molar-refractivity contribution in [3.63, 3.8) is 0 Å². The minimum atomic E-state index is -4.28. The molecule has 0 spiro atoms. The van der Waals surface area contributed by atoms with Gasteiger partial charge in [0.25, 0.3) is 0 Å². The van der Waals surface area contributed by atoms with E-state index >= 15 is 0 Å². The van der Waals surface area contributed by atoms with Gasteiger partial charge in [-0.25, -0.2) is 0 Å². The highest BCUT2D eigenvalue weighted by Gasteiger charge is 2.28. The predicted octanol–water partition coefficient (Wildman–Crippen LogP) is 3.40. The summed E-state index contributed by atoms with van der Waals surface area (Å²) in [4.78, 5) is 0. The van der Waals surface area contributed by atoms with Crippen LogP contribution in [0.25, 0.3) is 0 Å². The molecular weight excluding hydrogens is 267 g/mol. The van der Waals surface area contributed by atoms with E-state index in [9.17, 15) is 13.2 Å². The highest BCUT2D eigenvalue weighted by atomic mass is 19.4. The maximum Gasteiger partial charge on any atom is 0.411 e. The van der Waals surface area contributed by atoms with Crippen molar-refractivity contribution < 1.29 is 17.9 Å². The molecule has 2 N–H and O–H groups in total. The monoisotopic (exact) mass is 287 g/mol. The number of hydrogen-bond acceptors (Lipinski definition) is 2. The lowest BCUT2D eigenvalue weighted by Crippen LogP contribution is -2.31. The molecule has 0 saturated heterocycles. The molecule has 0 heterocycles. The van der Waals surface area contributed by atoms with Gasteiger partial charge >= 0.3 is 6.18 Å². The molecule has 0 bridgehead atoms. The van der Waals surface area contributed by atoms with E-state index in [2.05, 4.69) is 16.9 Å². The van der Waals surface area contributed by atoms with Gasteiger partial charge in [0.2, 0.25) is 0 Å². The lowest BCUT2D eigenvalue weighted by atomic mass is 9.80. The zero-order valence-electron chi connectivity index (χ0n) is 11.3. The van der Waals surface area contributed by atoms with Gasteiger partial charge < -0.3 is 10.5 Å². The molecule has 2 nitrogen and oxygen atoms in total. The maximum absolute atomic E-state index is 12.0. The van der Waals surface area contributed by atoms with Crippen molar-refractivity contribution in [3.8, 4) is 0 Å². The Morgan fingerprint density at radius 1 is 1.30 bits per heavy atom. The fourth-order valence-electron chi connectivity index (χ4n) is 2.86. The molecule has 1 aliphatic carbocycles. The van der Waals surface area contributed by atoms with E-state index in [1.165, 1.54) is 11.1 Å². The van der Waals surface area contributed by atoms with Crippen LogP contribution in [0, 0.1) is 0 Å². The second kappa shape index (κ2) is 6.59. The summed E-state index contributed by atoms with van der Waals surface area (Å²) in [5.74, 6) is 0.337. The summed E-state index contributed by atoms with van der Waals surface area (Å²) in [6, 6.07) is 7.89. The van der Waals surface area contributed by atoms with Crippen LogP contribution in [0.1, 0.15) is 36.3 Å². The summed E-state index contributed by atoms with van der Waals surface area (Å²) < 4.78 is 40.6. The zero-order valence-corrected chi connectivity index (χ0v) is 11.3. The first-order valence-electron chi connectivity index (χ1n) is 6.93. The van der Waals surface area contributed by atoms with Crippen LogP contribution in [-0.2, 0) is 11.2 Å². The number of nitrogens with two attached hydrogens (primary N) is 1. The molecule has 0 aliphatic heterocycles. The Morgan fingerprint density at radius 3 is 2.80 bits per heavy atom. The number of fused-ring (bicyclic) bond motifs is 1. The van der Waals surface area contributed by atoms with Crippen LogP contribution in [0.2, 0.25) is 0 Å². The fourth-order valence-corrected chi connectivity index (χ4v) is 2.86. The van der Waals surface area contributed by atoms with Gasteiger partial charge in [0.05, 0.1) is 6.61 Å². The lowest BCUT2D eigenvalue weighted by molar-refractivity contribution is -0.174. The van der Waals surface area contributed by atoms with Crippen LogP contribution in [0.4, 0.5) is 13.2 Å². The molecule has 2 rings (SSSR count). The van der Waals surface area contributed by atoms with Crippen molar-refractivity contribution in [3.05, 3.63) is 35.4 Å². The molecule has 0 radical (unpaired) electrons. The Bertz CT molecular complexity index is 433. The third-order valence-electron chi connectivity index (χ3n) is 3.68. The minimum absolute atomic E-state index is 0.0435. The molecule has 20 heavy (non-hydrogen) atoms. The molecule has 0 fully saturated rings. The quantitative estimate of drug-likeness (QED) is 0.900. The number of alkyl halides is 3. The summed E-state index contributed by atoms with van der Waals surface area (Å²) in [7, 11) is 0. The van der Waals surface area contributed by atoms with Crippen molar-refractivity contribution in [2.45, 2.75) is 43.8 Å². The van der Waals surface area contributed by atoms with Crippen LogP contribution in [0.15, 0.2) is 24.3 Å².